The van der Waals surface area contributed by atoms with Crippen LogP contribution in [0, 0.1) is 5.41 Å². The van der Waals surface area contributed by atoms with E-state index in [9.17, 15) is 9.59 Å². The third-order valence-corrected chi connectivity index (χ3v) is 5.38. The van der Waals surface area contributed by atoms with Crippen molar-refractivity contribution < 1.29 is 14.3 Å². The van der Waals surface area contributed by atoms with Gasteiger partial charge in [-0.25, -0.2) is 4.79 Å². The first-order chi connectivity index (χ1) is 13.8. The molecule has 1 saturated heterocycles. The van der Waals surface area contributed by atoms with Crippen molar-refractivity contribution in [1.82, 2.24) is 9.80 Å². The Morgan fingerprint density at radius 2 is 1.90 bits per heavy atom. The summed E-state index contributed by atoms with van der Waals surface area (Å²) in [7, 11) is 0. The zero-order valence-corrected chi connectivity index (χ0v) is 18.2. The first-order valence-corrected chi connectivity index (χ1v) is 10.7. The van der Waals surface area contributed by atoms with Gasteiger partial charge in [0.15, 0.2) is 0 Å². The number of carbonyl (C=O) groups is 2. The second-order valence-electron chi connectivity index (χ2n) is 8.85. The van der Waals surface area contributed by atoms with Crippen LogP contribution in [-0.2, 0) is 4.79 Å². The van der Waals surface area contributed by atoms with Crippen molar-refractivity contribution in [2.75, 3.05) is 56.1 Å². The second-order valence-corrected chi connectivity index (χ2v) is 8.85. The maximum absolute atomic E-state index is 12.9. The van der Waals surface area contributed by atoms with Gasteiger partial charge < -0.3 is 24.8 Å². The quantitative estimate of drug-likeness (QED) is 0.842. The van der Waals surface area contributed by atoms with Crippen molar-refractivity contribution in [1.29, 1.82) is 0 Å². The molecular formula is C22H34N4O3. The van der Waals surface area contributed by atoms with Gasteiger partial charge in [0.05, 0.1) is 12.2 Å². The average molecular weight is 403 g/mol. The smallest absolute Gasteiger partial charge is 0.321 e. The molecule has 0 atom stereocenters. The van der Waals surface area contributed by atoms with E-state index >= 15 is 0 Å². The number of anilines is 2. The molecule has 160 valence electrons. The summed E-state index contributed by atoms with van der Waals surface area (Å²) in [5, 5.41) is 3.01. The molecule has 2 aliphatic rings. The van der Waals surface area contributed by atoms with Gasteiger partial charge >= 0.3 is 6.03 Å². The minimum Gasteiger partial charge on any atom is -0.490 e. The van der Waals surface area contributed by atoms with Crippen LogP contribution in [-0.4, -0.2) is 67.6 Å². The normalized spacial score (nSPS) is 17.9. The van der Waals surface area contributed by atoms with E-state index in [-0.39, 0.29) is 11.9 Å². The monoisotopic (exact) mass is 402 g/mol. The number of benzene rings is 1. The van der Waals surface area contributed by atoms with Crippen molar-refractivity contribution >= 4 is 23.3 Å². The molecule has 0 saturated carbocycles. The molecule has 1 aromatic carbocycles. The Kier molecular flexibility index (Phi) is 6.67. The molecule has 2 heterocycles. The minimum atomic E-state index is -0.482. The van der Waals surface area contributed by atoms with Crippen LogP contribution < -0.4 is 15.0 Å². The van der Waals surface area contributed by atoms with Crippen LogP contribution in [0.1, 0.15) is 40.5 Å². The molecular weight excluding hydrogens is 368 g/mol. The first-order valence-electron chi connectivity index (χ1n) is 10.7. The number of amides is 3. The summed E-state index contributed by atoms with van der Waals surface area (Å²) in [6.45, 7) is 13.4. The molecule has 0 aliphatic carbocycles. The van der Waals surface area contributed by atoms with E-state index in [2.05, 4.69) is 17.1 Å². The standard InChI is InChI=1S/C22H34N4O3/c1-5-9-24-10-6-11-25(13-12-24)21(28)23-17-7-8-19-18(16-17)26(14-15-29-19)20(27)22(2,3)4/h7-8,16H,5-6,9-15H2,1-4H3,(H,23,28). The molecule has 7 nitrogen and oxygen atoms in total. The Labute approximate surface area is 174 Å². The van der Waals surface area contributed by atoms with Crippen molar-refractivity contribution in [2.24, 2.45) is 5.41 Å². The van der Waals surface area contributed by atoms with Crippen LogP contribution in [0.4, 0.5) is 16.2 Å². The van der Waals surface area contributed by atoms with Gasteiger partial charge in [0.2, 0.25) is 5.91 Å². The number of hydrogen-bond donors (Lipinski definition) is 1. The highest BCUT2D eigenvalue weighted by molar-refractivity contribution is 5.99. The molecule has 7 heteroatoms. The van der Waals surface area contributed by atoms with Gasteiger partial charge in [-0.05, 0) is 44.1 Å². The number of nitrogens with one attached hydrogen (secondary N) is 1. The molecule has 0 radical (unpaired) electrons. The fourth-order valence-electron chi connectivity index (χ4n) is 3.83. The van der Waals surface area contributed by atoms with Crippen LogP contribution >= 0.6 is 0 Å². The van der Waals surface area contributed by atoms with E-state index in [1.54, 1.807) is 4.90 Å². The topological polar surface area (TPSA) is 65.1 Å². The third kappa shape index (κ3) is 5.21. The number of fused-ring (bicyclic) bond motifs is 1. The summed E-state index contributed by atoms with van der Waals surface area (Å²) in [5.74, 6) is 0.728. The maximum Gasteiger partial charge on any atom is 0.321 e. The van der Waals surface area contributed by atoms with E-state index in [0.717, 1.165) is 51.3 Å². The van der Waals surface area contributed by atoms with E-state index in [1.807, 2.05) is 43.9 Å². The van der Waals surface area contributed by atoms with Gasteiger partial charge in [0, 0.05) is 30.7 Å². The number of carbonyl (C=O) groups excluding carboxylic acids is 2. The largest absolute Gasteiger partial charge is 0.490 e. The van der Waals surface area contributed by atoms with Crippen molar-refractivity contribution in [2.45, 2.75) is 40.5 Å². The lowest BCUT2D eigenvalue weighted by Crippen LogP contribution is -2.44. The predicted octanol–water partition coefficient (Wildman–Crippen LogP) is 3.41. The molecule has 0 spiro atoms. The Bertz CT molecular complexity index is 744. The second kappa shape index (κ2) is 9.03. The van der Waals surface area contributed by atoms with Crippen LogP contribution in [0.3, 0.4) is 0 Å². The molecule has 1 N–H and O–H groups in total. The fourth-order valence-corrected chi connectivity index (χ4v) is 3.83. The highest BCUT2D eigenvalue weighted by atomic mass is 16.5. The SMILES string of the molecule is CCCN1CCCN(C(=O)Nc2ccc3c(c2)N(C(=O)C(C)(C)C)CCO3)CC1. The molecule has 0 bridgehead atoms. The van der Waals surface area contributed by atoms with Gasteiger partial charge in [-0.2, -0.15) is 0 Å². The highest BCUT2D eigenvalue weighted by Gasteiger charge is 2.32. The van der Waals surface area contributed by atoms with Crippen LogP contribution in [0.15, 0.2) is 18.2 Å². The highest BCUT2D eigenvalue weighted by Crippen LogP contribution is 2.36. The van der Waals surface area contributed by atoms with Gasteiger partial charge in [-0.15, -0.1) is 0 Å². The zero-order chi connectivity index (χ0) is 21.0. The molecule has 29 heavy (non-hydrogen) atoms. The predicted molar refractivity (Wildman–Crippen MR) is 116 cm³/mol. The molecule has 0 unspecified atom stereocenters. The number of urea groups is 1. The van der Waals surface area contributed by atoms with Crippen molar-refractivity contribution in [3.05, 3.63) is 18.2 Å². The Morgan fingerprint density at radius 1 is 1.10 bits per heavy atom. The third-order valence-electron chi connectivity index (χ3n) is 5.38. The Hall–Kier alpha value is -2.28. The fraction of sp³-hybridized carbons (Fsp3) is 0.636. The van der Waals surface area contributed by atoms with Gasteiger partial charge in [0.25, 0.3) is 0 Å². The van der Waals surface area contributed by atoms with E-state index < -0.39 is 5.41 Å². The summed E-state index contributed by atoms with van der Waals surface area (Å²) in [6.07, 6.45) is 2.12. The molecule has 3 amide bonds. The van der Waals surface area contributed by atoms with Crippen LogP contribution in [0.2, 0.25) is 0 Å². The molecule has 1 fully saturated rings. The lowest BCUT2D eigenvalue weighted by Gasteiger charge is -2.34. The van der Waals surface area contributed by atoms with Crippen LogP contribution in [0.25, 0.3) is 0 Å². The summed E-state index contributed by atoms with van der Waals surface area (Å²) < 4.78 is 5.72. The Morgan fingerprint density at radius 3 is 2.62 bits per heavy atom. The summed E-state index contributed by atoms with van der Waals surface area (Å²) in [6, 6.07) is 5.42. The van der Waals surface area contributed by atoms with E-state index in [4.69, 9.17) is 4.74 Å². The van der Waals surface area contributed by atoms with Gasteiger partial charge in [0.1, 0.15) is 12.4 Å². The minimum absolute atomic E-state index is 0.0501. The van der Waals surface area contributed by atoms with E-state index in [0.29, 0.717) is 24.6 Å². The summed E-state index contributed by atoms with van der Waals surface area (Å²) in [4.78, 5) is 31.7. The first kappa shape index (κ1) is 21.4. The number of rotatable bonds is 3. The molecule has 1 aromatic rings. The zero-order valence-electron chi connectivity index (χ0n) is 18.2. The van der Waals surface area contributed by atoms with Crippen molar-refractivity contribution in [3.8, 4) is 5.75 Å². The van der Waals surface area contributed by atoms with Crippen molar-refractivity contribution in [3.63, 3.8) is 0 Å². The lowest BCUT2D eigenvalue weighted by atomic mass is 9.94. The molecule has 0 aromatic heterocycles. The molecule has 2 aliphatic heterocycles. The van der Waals surface area contributed by atoms with Gasteiger partial charge in [-0.1, -0.05) is 27.7 Å². The summed E-state index contributed by atoms with van der Waals surface area (Å²) in [5.41, 5.74) is 0.921. The number of nitrogens with zero attached hydrogens (tertiary/aromatic N) is 3. The van der Waals surface area contributed by atoms with Gasteiger partial charge in [-0.3, -0.25) is 4.79 Å². The van der Waals surface area contributed by atoms with E-state index in [1.165, 1.54) is 0 Å². The number of hydrogen-bond acceptors (Lipinski definition) is 4. The molecule has 3 rings (SSSR count). The maximum atomic E-state index is 12.9. The number of ether oxygens (including phenoxy) is 1. The lowest BCUT2D eigenvalue weighted by molar-refractivity contribution is -0.126. The van der Waals surface area contributed by atoms with Crippen LogP contribution in [0.5, 0.6) is 5.75 Å². The Balaban J connectivity index is 1.71. The summed E-state index contributed by atoms with van der Waals surface area (Å²) >= 11 is 0. The average Bonchev–Trinajstić information content (AvgIpc) is 2.92.